The van der Waals surface area contributed by atoms with Crippen molar-refractivity contribution in [1.29, 1.82) is 0 Å². The largest absolute Gasteiger partial charge is 0.460 e. The molecule has 3 heteroatoms. The summed E-state index contributed by atoms with van der Waals surface area (Å²) in [5.74, 6) is 1.44. The number of rotatable bonds is 2. The van der Waals surface area contributed by atoms with Gasteiger partial charge < -0.3 is 8.83 Å². The number of furan rings is 2. The highest BCUT2D eigenvalue weighted by Gasteiger charge is 2.20. The fraction of sp³-hybridized carbons (Fsp3) is 0.412. The summed E-state index contributed by atoms with van der Waals surface area (Å²) < 4.78 is 25.9. The van der Waals surface area contributed by atoms with E-state index < -0.39 is 0 Å². The molecule has 0 bridgehead atoms. The highest BCUT2D eigenvalue weighted by Crippen LogP contribution is 2.36. The average molecular weight is 274 g/mol. The predicted molar refractivity (Wildman–Crippen MR) is 78.9 cm³/mol. The molecule has 0 atom stereocenters. The van der Waals surface area contributed by atoms with Gasteiger partial charge in [0.15, 0.2) is 5.82 Å². The van der Waals surface area contributed by atoms with Gasteiger partial charge in [-0.25, -0.2) is 4.39 Å². The lowest BCUT2D eigenvalue weighted by atomic mass is 10.0. The van der Waals surface area contributed by atoms with Crippen molar-refractivity contribution < 1.29 is 13.2 Å². The Labute approximate surface area is 117 Å². The van der Waals surface area contributed by atoms with E-state index in [4.69, 9.17) is 8.83 Å². The lowest BCUT2D eigenvalue weighted by Gasteiger charge is -1.99. The number of hydrogen-bond acceptors (Lipinski definition) is 2. The maximum atomic E-state index is 14.3. The highest BCUT2D eigenvalue weighted by atomic mass is 19.1. The first-order chi connectivity index (χ1) is 9.40. The molecule has 0 amide bonds. The molecule has 2 heterocycles. The second-order valence-corrected chi connectivity index (χ2v) is 6.03. The van der Waals surface area contributed by atoms with Crippen molar-refractivity contribution in [3.05, 3.63) is 35.0 Å². The van der Waals surface area contributed by atoms with Crippen LogP contribution in [0.5, 0.6) is 0 Å². The van der Waals surface area contributed by atoms with E-state index in [1.54, 1.807) is 6.07 Å². The van der Waals surface area contributed by atoms with Gasteiger partial charge in [0.2, 0.25) is 0 Å². The predicted octanol–water partition coefficient (Wildman–Crippen LogP) is 5.87. The molecule has 2 aromatic heterocycles. The quantitative estimate of drug-likeness (QED) is 0.583. The number of benzene rings is 1. The van der Waals surface area contributed by atoms with Gasteiger partial charge in [0.25, 0.3) is 0 Å². The fourth-order valence-corrected chi connectivity index (χ4v) is 2.74. The van der Waals surface area contributed by atoms with Crippen LogP contribution < -0.4 is 0 Å². The van der Waals surface area contributed by atoms with Gasteiger partial charge in [0.05, 0.1) is 5.39 Å². The Bertz CT molecular complexity index is 722. The second-order valence-electron chi connectivity index (χ2n) is 6.03. The average Bonchev–Trinajstić information content (AvgIpc) is 2.87. The topological polar surface area (TPSA) is 26.3 Å². The summed E-state index contributed by atoms with van der Waals surface area (Å²) in [4.78, 5) is 0. The van der Waals surface area contributed by atoms with E-state index in [1.165, 1.54) is 0 Å². The SMILES string of the molecule is Cc1c(C(C)C)oc2cc3c(F)c(C(C)C)oc3cc12. The first kappa shape index (κ1) is 13.2. The van der Waals surface area contributed by atoms with Crippen LogP contribution in [0, 0.1) is 12.7 Å². The molecule has 0 saturated heterocycles. The van der Waals surface area contributed by atoms with Gasteiger partial charge in [-0.3, -0.25) is 0 Å². The lowest BCUT2D eigenvalue weighted by Crippen LogP contribution is -1.86. The molecule has 20 heavy (non-hydrogen) atoms. The summed E-state index contributed by atoms with van der Waals surface area (Å²) in [6.07, 6.45) is 0. The Morgan fingerprint density at radius 1 is 0.850 bits per heavy atom. The Morgan fingerprint density at radius 3 is 1.95 bits per heavy atom. The minimum Gasteiger partial charge on any atom is -0.460 e. The molecule has 2 nitrogen and oxygen atoms in total. The van der Waals surface area contributed by atoms with Gasteiger partial charge in [0.1, 0.15) is 22.7 Å². The number of halogens is 1. The summed E-state index contributed by atoms with van der Waals surface area (Å²) in [6.45, 7) is 10.1. The summed E-state index contributed by atoms with van der Waals surface area (Å²) in [5, 5.41) is 1.51. The molecule has 0 unspecified atom stereocenters. The monoisotopic (exact) mass is 274 g/mol. The first-order valence-electron chi connectivity index (χ1n) is 7.05. The van der Waals surface area contributed by atoms with E-state index in [9.17, 15) is 4.39 Å². The van der Waals surface area contributed by atoms with Crippen LogP contribution in [0.4, 0.5) is 4.39 Å². The summed E-state index contributed by atoms with van der Waals surface area (Å²) in [7, 11) is 0. The second kappa shape index (κ2) is 4.37. The normalized spacial score (nSPS) is 12.4. The maximum Gasteiger partial charge on any atom is 0.172 e. The fourth-order valence-electron chi connectivity index (χ4n) is 2.74. The van der Waals surface area contributed by atoms with Crippen molar-refractivity contribution in [2.75, 3.05) is 0 Å². The summed E-state index contributed by atoms with van der Waals surface area (Å²) in [6, 6.07) is 3.65. The van der Waals surface area contributed by atoms with Crippen LogP contribution in [0.25, 0.3) is 21.9 Å². The molecule has 0 aliphatic rings. The van der Waals surface area contributed by atoms with Gasteiger partial charge in [-0.2, -0.15) is 0 Å². The van der Waals surface area contributed by atoms with Crippen LogP contribution in [-0.2, 0) is 0 Å². The molecular weight excluding hydrogens is 255 g/mol. The van der Waals surface area contributed by atoms with E-state index in [2.05, 4.69) is 13.8 Å². The smallest absolute Gasteiger partial charge is 0.172 e. The summed E-state index contributed by atoms with van der Waals surface area (Å²) >= 11 is 0. The molecule has 0 fully saturated rings. The molecule has 0 saturated carbocycles. The van der Waals surface area contributed by atoms with Crippen molar-refractivity contribution >= 4 is 21.9 Å². The van der Waals surface area contributed by atoms with Crippen LogP contribution >= 0.6 is 0 Å². The molecule has 0 N–H and O–H groups in total. The molecule has 1 aromatic carbocycles. The van der Waals surface area contributed by atoms with E-state index in [-0.39, 0.29) is 11.7 Å². The van der Waals surface area contributed by atoms with Gasteiger partial charge in [-0.15, -0.1) is 0 Å². The van der Waals surface area contributed by atoms with Crippen LogP contribution in [0.15, 0.2) is 21.0 Å². The zero-order chi connectivity index (χ0) is 14.6. The molecule has 0 aliphatic heterocycles. The lowest BCUT2D eigenvalue weighted by molar-refractivity contribution is 0.474. The minimum atomic E-state index is -0.267. The van der Waals surface area contributed by atoms with E-state index >= 15 is 0 Å². The van der Waals surface area contributed by atoms with E-state index in [0.29, 0.717) is 22.6 Å². The van der Waals surface area contributed by atoms with Crippen molar-refractivity contribution in [1.82, 2.24) is 0 Å². The number of aryl methyl sites for hydroxylation is 1. The number of hydrogen-bond donors (Lipinski definition) is 0. The van der Waals surface area contributed by atoms with Crippen LogP contribution in [0.1, 0.15) is 56.6 Å². The first-order valence-corrected chi connectivity index (χ1v) is 7.05. The standard InChI is InChI=1S/C17H19FO2/c1-8(2)16-10(5)11-6-14-12(7-13(11)19-16)15(18)17(20-14)9(3)4/h6-9H,1-5H3. The van der Waals surface area contributed by atoms with Gasteiger partial charge in [-0.05, 0) is 24.6 Å². The zero-order valence-corrected chi connectivity index (χ0v) is 12.5. The van der Waals surface area contributed by atoms with Gasteiger partial charge >= 0.3 is 0 Å². The van der Waals surface area contributed by atoms with E-state index in [1.807, 2.05) is 26.8 Å². The molecular formula is C17H19FO2. The maximum absolute atomic E-state index is 14.3. The van der Waals surface area contributed by atoms with Gasteiger partial charge in [0, 0.05) is 17.2 Å². The van der Waals surface area contributed by atoms with Crippen molar-refractivity contribution in [2.45, 2.75) is 46.5 Å². The third-order valence-corrected chi connectivity index (χ3v) is 3.80. The van der Waals surface area contributed by atoms with Crippen LogP contribution in [-0.4, -0.2) is 0 Å². The third-order valence-electron chi connectivity index (χ3n) is 3.80. The molecule has 0 aliphatic carbocycles. The molecule has 3 rings (SSSR count). The van der Waals surface area contributed by atoms with Crippen molar-refractivity contribution in [2.24, 2.45) is 0 Å². The number of fused-ring (bicyclic) bond motifs is 2. The van der Waals surface area contributed by atoms with Crippen molar-refractivity contribution in [3.8, 4) is 0 Å². The molecule has 3 aromatic rings. The van der Waals surface area contributed by atoms with Gasteiger partial charge in [-0.1, -0.05) is 27.7 Å². The zero-order valence-electron chi connectivity index (χ0n) is 12.5. The van der Waals surface area contributed by atoms with Crippen LogP contribution in [0.3, 0.4) is 0 Å². The Balaban J connectivity index is 2.34. The summed E-state index contributed by atoms with van der Waals surface area (Å²) in [5.41, 5.74) is 2.44. The molecule has 106 valence electrons. The minimum absolute atomic E-state index is 0.0287. The third kappa shape index (κ3) is 1.76. The molecule has 0 spiro atoms. The Hall–Kier alpha value is -1.77. The van der Waals surface area contributed by atoms with Crippen molar-refractivity contribution in [3.63, 3.8) is 0 Å². The van der Waals surface area contributed by atoms with Crippen LogP contribution in [0.2, 0.25) is 0 Å². The van der Waals surface area contributed by atoms with E-state index in [0.717, 1.165) is 22.3 Å². The molecule has 0 radical (unpaired) electrons. The Kier molecular flexibility index (Phi) is 2.89. The Morgan fingerprint density at radius 2 is 1.35 bits per heavy atom. The highest BCUT2D eigenvalue weighted by molar-refractivity contribution is 5.96.